The van der Waals surface area contributed by atoms with Crippen LogP contribution in [0.25, 0.3) is 0 Å². The van der Waals surface area contributed by atoms with E-state index in [2.05, 4.69) is 34.0 Å². The van der Waals surface area contributed by atoms with Gasteiger partial charge in [0.25, 0.3) is 0 Å². The first kappa shape index (κ1) is 15.5. The number of aromatic nitrogens is 2. The fourth-order valence-electron chi connectivity index (χ4n) is 3.30. The maximum atomic E-state index is 4.86. The highest BCUT2D eigenvalue weighted by Gasteiger charge is 2.40. The second-order valence-electron chi connectivity index (χ2n) is 6.06. The Morgan fingerprint density at radius 1 is 1.17 bits per heavy atom. The Morgan fingerprint density at radius 2 is 1.91 bits per heavy atom. The van der Waals surface area contributed by atoms with E-state index in [1.165, 1.54) is 19.3 Å². The molecule has 1 saturated carbocycles. The van der Waals surface area contributed by atoms with E-state index in [9.17, 15) is 0 Å². The Balaban J connectivity index is 1.93. The number of nitrogens with one attached hydrogen (secondary N) is 2. The Labute approximate surface area is 137 Å². The standard InChI is InChI=1S/C18H23N5/c1-3-8-14(4-2)11-19-17-18(9-6-5-7-10-18)23-16-13-21-20-12-15(16)22-17/h3-4,8,12-13,23H,1-2,5-7,9-11H2,(H,19,22)/b14-8+. The van der Waals surface area contributed by atoms with Crippen LogP contribution in [0, 0.1) is 0 Å². The molecule has 1 aliphatic carbocycles. The summed E-state index contributed by atoms with van der Waals surface area (Å²) in [5, 5.41) is 15.1. The molecule has 0 saturated heterocycles. The van der Waals surface area contributed by atoms with Gasteiger partial charge in [-0.25, -0.2) is 0 Å². The van der Waals surface area contributed by atoms with Crippen LogP contribution in [0.2, 0.25) is 0 Å². The zero-order chi connectivity index (χ0) is 16.1. The van der Waals surface area contributed by atoms with Crippen molar-refractivity contribution in [1.82, 2.24) is 10.2 Å². The first-order valence-electron chi connectivity index (χ1n) is 8.12. The number of rotatable bonds is 4. The van der Waals surface area contributed by atoms with Crippen molar-refractivity contribution >= 4 is 17.2 Å². The fourth-order valence-corrected chi connectivity index (χ4v) is 3.30. The third-order valence-corrected chi connectivity index (χ3v) is 4.53. The van der Waals surface area contributed by atoms with E-state index in [1.54, 1.807) is 18.5 Å². The topological polar surface area (TPSA) is 62.2 Å². The van der Waals surface area contributed by atoms with Gasteiger partial charge in [-0.05, 0) is 18.4 Å². The van der Waals surface area contributed by atoms with Crippen LogP contribution >= 0.6 is 0 Å². The summed E-state index contributed by atoms with van der Waals surface area (Å²) in [5.41, 5.74) is 2.88. The smallest absolute Gasteiger partial charge is 0.127 e. The Bertz CT molecular complexity index is 653. The summed E-state index contributed by atoms with van der Waals surface area (Å²) in [4.78, 5) is 4.86. The van der Waals surface area contributed by atoms with Crippen molar-refractivity contribution in [1.29, 1.82) is 0 Å². The molecule has 3 rings (SSSR count). The van der Waals surface area contributed by atoms with Crippen molar-refractivity contribution in [3.63, 3.8) is 0 Å². The molecule has 1 aromatic heterocycles. The minimum Gasteiger partial charge on any atom is -0.370 e. The summed E-state index contributed by atoms with van der Waals surface area (Å²) >= 11 is 0. The molecule has 0 bridgehead atoms. The average molecular weight is 309 g/mol. The molecule has 2 aliphatic rings. The fraction of sp³-hybridized carbons (Fsp3) is 0.389. The number of amidine groups is 1. The van der Waals surface area contributed by atoms with E-state index in [0.717, 1.165) is 35.6 Å². The molecule has 120 valence electrons. The largest absolute Gasteiger partial charge is 0.370 e. The van der Waals surface area contributed by atoms with Gasteiger partial charge in [0, 0.05) is 0 Å². The SMILES string of the molecule is C=C/C=C(\C=C)CN=C1Nc2cnncc2NC12CCCCC2. The third-order valence-electron chi connectivity index (χ3n) is 4.53. The van der Waals surface area contributed by atoms with Gasteiger partial charge in [-0.3, -0.25) is 4.99 Å². The molecule has 0 amide bonds. The maximum absolute atomic E-state index is 4.86. The van der Waals surface area contributed by atoms with Gasteiger partial charge >= 0.3 is 0 Å². The van der Waals surface area contributed by atoms with Crippen molar-refractivity contribution in [3.05, 3.63) is 49.4 Å². The number of hydrogen-bond donors (Lipinski definition) is 2. The lowest BCUT2D eigenvalue weighted by Crippen LogP contribution is -2.54. The van der Waals surface area contributed by atoms with Crippen molar-refractivity contribution < 1.29 is 0 Å². The Kier molecular flexibility index (Phi) is 4.55. The molecule has 0 atom stereocenters. The summed E-state index contributed by atoms with van der Waals surface area (Å²) in [6, 6.07) is 0. The van der Waals surface area contributed by atoms with E-state index >= 15 is 0 Å². The number of fused-ring (bicyclic) bond motifs is 1. The number of hydrogen-bond acceptors (Lipinski definition) is 4. The van der Waals surface area contributed by atoms with Crippen molar-refractivity contribution in [2.45, 2.75) is 37.6 Å². The van der Waals surface area contributed by atoms with Crippen LogP contribution in [-0.2, 0) is 0 Å². The molecule has 23 heavy (non-hydrogen) atoms. The van der Waals surface area contributed by atoms with E-state index in [1.807, 2.05) is 12.2 Å². The van der Waals surface area contributed by atoms with Crippen LogP contribution in [-0.4, -0.2) is 28.1 Å². The maximum Gasteiger partial charge on any atom is 0.127 e. The van der Waals surface area contributed by atoms with Crippen molar-refractivity contribution in [3.8, 4) is 0 Å². The molecule has 5 heteroatoms. The lowest BCUT2D eigenvalue weighted by atomic mass is 9.79. The first-order chi connectivity index (χ1) is 11.3. The van der Waals surface area contributed by atoms with E-state index in [0.29, 0.717) is 6.54 Å². The summed E-state index contributed by atoms with van der Waals surface area (Å²) in [7, 11) is 0. The normalized spacial score (nSPS) is 21.2. The molecule has 1 aliphatic heterocycles. The lowest BCUT2D eigenvalue weighted by Gasteiger charge is -2.43. The van der Waals surface area contributed by atoms with Gasteiger partial charge in [-0.15, -0.1) is 0 Å². The van der Waals surface area contributed by atoms with Crippen LogP contribution in [0.3, 0.4) is 0 Å². The van der Waals surface area contributed by atoms with Crippen LogP contribution in [0.5, 0.6) is 0 Å². The van der Waals surface area contributed by atoms with Gasteiger partial charge in [0.1, 0.15) is 5.84 Å². The molecule has 2 heterocycles. The Morgan fingerprint density at radius 3 is 2.61 bits per heavy atom. The third kappa shape index (κ3) is 3.18. The molecule has 2 N–H and O–H groups in total. The second-order valence-corrected chi connectivity index (χ2v) is 6.06. The molecule has 0 unspecified atom stereocenters. The number of nitrogens with zero attached hydrogens (tertiary/aromatic N) is 3. The number of anilines is 2. The summed E-state index contributed by atoms with van der Waals surface area (Å²) in [5.74, 6) is 0.995. The molecule has 0 aromatic carbocycles. The predicted molar refractivity (Wildman–Crippen MR) is 95.9 cm³/mol. The molecule has 5 nitrogen and oxygen atoms in total. The second kappa shape index (κ2) is 6.77. The van der Waals surface area contributed by atoms with E-state index in [-0.39, 0.29) is 5.54 Å². The van der Waals surface area contributed by atoms with Crippen LogP contribution in [0.4, 0.5) is 11.4 Å². The van der Waals surface area contributed by atoms with Crippen LogP contribution in [0.1, 0.15) is 32.1 Å². The molecule has 1 spiro atoms. The minimum atomic E-state index is -0.116. The van der Waals surface area contributed by atoms with E-state index in [4.69, 9.17) is 4.99 Å². The molecular weight excluding hydrogens is 286 g/mol. The molecule has 0 radical (unpaired) electrons. The predicted octanol–water partition coefficient (Wildman–Crippen LogP) is 3.71. The average Bonchev–Trinajstić information content (AvgIpc) is 2.59. The quantitative estimate of drug-likeness (QED) is 0.832. The highest BCUT2D eigenvalue weighted by atomic mass is 15.2. The summed E-state index contributed by atoms with van der Waals surface area (Å²) < 4.78 is 0. The molecular formula is C18H23N5. The highest BCUT2D eigenvalue weighted by molar-refractivity contribution is 6.09. The summed E-state index contributed by atoms with van der Waals surface area (Å²) in [6.07, 6.45) is 14.9. The van der Waals surface area contributed by atoms with Gasteiger partial charge in [-0.2, -0.15) is 10.2 Å². The molecule has 1 aromatic rings. The van der Waals surface area contributed by atoms with E-state index < -0.39 is 0 Å². The van der Waals surface area contributed by atoms with Gasteiger partial charge < -0.3 is 10.6 Å². The minimum absolute atomic E-state index is 0.116. The molecule has 1 fully saturated rings. The van der Waals surface area contributed by atoms with Gasteiger partial charge in [-0.1, -0.05) is 50.6 Å². The van der Waals surface area contributed by atoms with Gasteiger partial charge in [0.15, 0.2) is 0 Å². The highest BCUT2D eigenvalue weighted by Crippen LogP contribution is 2.38. The van der Waals surface area contributed by atoms with Crippen molar-refractivity contribution in [2.75, 3.05) is 17.2 Å². The Hall–Kier alpha value is -2.43. The van der Waals surface area contributed by atoms with Crippen molar-refractivity contribution in [2.24, 2.45) is 4.99 Å². The lowest BCUT2D eigenvalue weighted by molar-refractivity contribution is 0.403. The monoisotopic (exact) mass is 309 g/mol. The first-order valence-corrected chi connectivity index (χ1v) is 8.12. The van der Waals surface area contributed by atoms with Gasteiger partial charge in [0.05, 0.1) is 35.9 Å². The van der Waals surface area contributed by atoms with Crippen LogP contribution < -0.4 is 10.6 Å². The summed E-state index contributed by atoms with van der Waals surface area (Å²) in [6.45, 7) is 8.18. The van der Waals surface area contributed by atoms with Gasteiger partial charge in [0.2, 0.25) is 0 Å². The zero-order valence-electron chi connectivity index (χ0n) is 13.4. The number of aliphatic imine (C=N–C) groups is 1. The number of allylic oxidation sites excluding steroid dienone is 2. The van der Waals surface area contributed by atoms with Crippen LogP contribution in [0.15, 0.2) is 54.3 Å². The zero-order valence-corrected chi connectivity index (χ0v) is 13.4.